The van der Waals surface area contributed by atoms with Gasteiger partial charge in [0.05, 0.1) is 5.69 Å². The molecule has 0 saturated carbocycles. The molecule has 0 aromatic heterocycles. The Bertz CT molecular complexity index is 618. The third kappa shape index (κ3) is 3.79. The first-order valence-corrected chi connectivity index (χ1v) is 7.57. The van der Waals surface area contributed by atoms with E-state index in [0.29, 0.717) is 5.69 Å². The van der Waals surface area contributed by atoms with Crippen LogP contribution in [0.15, 0.2) is 47.4 Å². The van der Waals surface area contributed by atoms with Crippen LogP contribution < -0.4 is 10.6 Å². The number of thiol groups is 1. The Hall–Kier alpha value is -1.94. The fourth-order valence-electron chi connectivity index (χ4n) is 2.25. The van der Waals surface area contributed by atoms with Gasteiger partial charge in [0.1, 0.15) is 0 Å². The normalized spacial score (nSPS) is 10.2. The maximum Gasteiger partial charge on any atom is 0.323 e. The van der Waals surface area contributed by atoms with Crippen molar-refractivity contribution < 1.29 is 4.79 Å². The van der Waals surface area contributed by atoms with E-state index in [2.05, 4.69) is 37.1 Å². The van der Waals surface area contributed by atoms with Crippen LogP contribution in [0.4, 0.5) is 16.2 Å². The van der Waals surface area contributed by atoms with Crippen molar-refractivity contribution in [1.82, 2.24) is 0 Å². The molecule has 21 heavy (non-hydrogen) atoms. The Morgan fingerprint density at radius 2 is 1.57 bits per heavy atom. The van der Waals surface area contributed by atoms with E-state index < -0.39 is 0 Å². The molecule has 0 aliphatic heterocycles. The summed E-state index contributed by atoms with van der Waals surface area (Å²) in [7, 11) is 0. The SMILES string of the molecule is CCc1cccc(CC)c1NC(=O)Nc1ccccc1S. The number of rotatable bonds is 4. The lowest BCUT2D eigenvalue weighted by atomic mass is 10.0. The number of para-hydroxylation sites is 2. The van der Waals surface area contributed by atoms with Crippen LogP contribution in [0.1, 0.15) is 25.0 Å². The van der Waals surface area contributed by atoms with E-state index in [0.717, 1.165) is 34.6 Å². The fourth-order valence-corrected chi connectivity index (χ4v) is 2.47. The molecule has 0 aliphatic carbocycles. The fraction of sp³-hybridized carbons (Fsp3) is 0.235. The van der Waals surface area contributed by atoms with Crippen LogP contribution in [-0.4, -0.2) is 6.03 Å². The predicted molar refractivity (Wildman–Crippen MR) is 91.5 cm³/mol. The topological polar surface area (TPSA) is 41.1 Å². The Labute approximate surface area is 131 Å². The summed E-state index contributed by atoms with van der Waals surface area (Å²) < 4.78 is 0. The van der Waals surface area contributed by atoms with Gasteiger partial charge in [-0.1, -0.05) is 44.2 Å². The van der Waals surface area contributed by atoms with E-state index in [1.807, 2.05) is 42.5 Å². The van der Waals surface area contributed by atoms with Gasteiger partial charge in [-0.05, 0) is 36.1 Å². The van der Waals surface area contributed by atoms with Crippen molar-refractivity contribution in [3.63, 3.8) is 0 Å². The monoisotopic (exact) mass is 300 g/mol. The number of carbonyl (C=O) groups excluding carboxylic acids is 1. The Balaban J connectivity index is 2.18. The van der Waals surface area contributed by atoms with Gasteiger partial charge in [0.25, 0.3) is 0 Å². The van der Waals surface area contributed by atoms with Crippen molar-refractivity contribution >= 4 is 30.0 Å². The molecule has 0 saturated heterocycles. The number of urea groups is 1. The first-order valence-electron chi connectivity index (χ1n) is 7.12. The number of amides is 2. The summed E-state index contributed by atoms with van der Waals surface area (Å²) in [5.41, 5.74) is 3.90. The van der Waals surface area contributed by atoms with Crippen molar-refractivity contribution in [2.75, 3.05) is 10.6 Å². The molecule has 0 unspecified atom stereocenters. The molecular formula is C17H20N2OS. The molecule has 3 nitrogen and oxygen atoms in total. The molecule has 0 bridgehead atoms. The van der Waals surface area contributed by atoms with Gasteiger partial charge >= 0.3 is 6.03 Å². The minimum absolute atomic E-state index is 0.243. The summed E-state index contributed by atoms with van der Waals surface area (Å²) in [6.07, 6.45) is 1.76. The van der Waals surface area contributed by atoms with Gasteiger partial charge in [0.15, 0.2) is 0 Å². The lowest BCUT2D eigenvalue weighted by Gasteiger charge is -2.15. The highest BCUT2D eigenvalue weighted by atomic mass is 32.1. The smallest absolute Gasteiger partial charge is 0.307 e. The number of aryl methyl sites for hydroxylation is 2. The first kappa shape index (κ1) is 15.4. The highest BCUT2D eigenvalue weighted by molar-refractivity contribution is 7.80. The molecule has 0 aliphatic rings. The van der Waals surface area contributed by atoms with E-state index in [4.69, 9.17) is 0 Å². The zero-order chi connectivity index (χ0) is 15.2. The third-order valence-electron chi connectivity index (χ3n) is 3.39. The number of carbonyl (C=O) groups is 1. The third-order valence-corrected chi connectivity index (χ3v) is 3.78. The predicted octanol–water partition coefficient (Wildman–Crippen LogP) is 4.74. The average Bonchev–Trinajstić information content (AvgIpc) is 2.49. The lowest BCUT2D eigenvalue weighted by Crippen LogP contribution is -2.21. The van der Waals surface area contributed by atoms with E-state index in [-0.39, 0.29) is 6.03 Å². The molecule has 0 fully saturated rings. The second-order valence-corrected chi connectivity index (χ2v) is 5.24. The van der Waals surface area contributed by atoms with Crippen LogP contribution in [0.2, 0.25) is 0 Å². The van der Waals surface area contributed by atoms with Crippen LogP contribution >= 0.6 is 12.6 Å². The zero-order valence-corrected chi connectivity index (χ0v) is 13.2. The second-order valence-electron chi connectivity index (χ2n) is 4.75. The first-order chi connectivity index (χ1) is 10.2. The average molecular weight is 300 g/mol. The van der Waals surface area contributed by atoms with Crippen LogP contribution in [0.3, 0.4) is 0 Å². The molecule has 0 atom stereocenters. The van der Waals surface area contributed by atoms with E-state index in [1.165, 1.54) is 0 Å². The molecule has 0 radical (unpaired) electrons. The van der Waals surface area contributed by atoms with Gasteiger partial charge in [-0.25, -0.2) is 4.79 Å². The maximum atomic E-state index is 12.2. The van der Waals surface area contributed by atoms with Crippen LogP contribution in [-0.2, 0) is 12.8 Å². The second kappa shape index (κ2) is 7.18. The van der Waals surface area contributed by atoms with Gasteiger partial charge in [-0.15, -0.1) is 12.6 Å². The number of benzene rings is 2. The van der Waals surface area contributed by atoms with Crippen LogP contribution in [0, 0.1) is 0 Å². The number of nitrogens with one attached hydrogen (secondary N) is 2. The highest BCUT2D eigenvalue weighted by Crippen LogP contribution is 2.24. The number of anilines is 2. The van der Waals surface area contributed by atoms with E-state index in [9.17, 15) is 4.79 Å². The largest absolute Gasteiger partial charge is 0.323 e. The minimum Gasteiger partial charge on any atom is -0.307 e. The van der Waals surface area contributed by atoms with Gasteiger partial charge in [-0.2, -0.15) is 0 Å². The van der Waals surface area contributed by atoms with Crippen molar-refractivity contribution in [2.45, 2.75) is 31.6 Å². The van der Waals surface area contributed by atoms with Gasteiger partial charge in [-0.3, -0.25) is 0 Å². The lowest BCUT2D eigenvalue weighted by molar-refractivity contribution is 0.262. The molecule has 2 aromatic rings. The van der Waals surface area contributed by atoms with Crippen LogP contribution in [0.25, 0.3) is 0 Å². The molecule has 110 valence electrons. The quantitative estimate of drug-likeness (QED) is 0.701. The molecule has 2 N–H and O–H groups in total. The van der Waals surface area contributed by atoms with Crippen molar-refractivity contribution in [1.29, 1.82) is 0 Å². The molecule has 2 rings (SSSR count). The van der Waals surface area contributed by atoms with Crippen molar-refractivity contribution in [2.24, 2.45) is 0 Å². The Morgan fingerprint density at radius 3 is 2.14 bits per heavy atom. The summed E-state index contributed by atoms with van der Waals surface area (Å²) >= 11 is 4.33. The minimum atomic E-state index is -0.243. The summed E-state index contributed by atoms with van der Waals surface area (Å²) in [5, 5.41) is 5.81. The molecule has 2 aromatic carbocycles. The van der Waals surface area contributed by atoms with Gasteiger partial charge in [0.2, 0.25) is 0 Å². The maximum absolute atomic E-state index is 12.2. The summed E-state index contributed by atoms with van der Waals surface area (Å²) in [5.74, 6) is 0. The molecule has 0 heterocycles. The number of hydrogen-bond acceptors (Lipinski definition) is 2. The Morgan fingerprint density at radius 1 is 0.952 bits per heavy atom. The van der Waals surface area contributed by atoms with Gasteiger partial charge in [0, 0.05) is 10.6 Å². The van der Waals surface area contributed by atoms with Crippen LogP contribution in [0.5, 0.6) is 0 Å². The Kier molecular flexibility index (Phi) is 5.28. The van der Waals surface area contributed by atoms with Crippen molar-refractivity contribution in [3.8, 4) is 0 Å². The molecule has 2 amide bonds. The van der Waals surface area contributed by atoms with E-state index in [1.54, 1.807) is 0 Å². The van der Waals surface area contributed by atoms with Crippen molar-refractivity contribution in [3.05, 3.63) is 53.6 Å². The molecular weight excluding hydrogens is 280 g/mol. The van der Waals surface area contributed by atoms with Gasteiger partial charge < -0.3 is 10.6 Å². The van der Waals surface area contributed by atoms with E-state index >= 15 is 0 Å². The summed E-state index contributed by atoms with van der Waals surface area (Å²) in [4.78, 5) is 13.0. The molecule has 0 spiro atoms. The number of hydrogen-bond donors (Lipinski definition) is 3. The highest BCUT2D eigenvalue weighted by Gasteiger charge is 2.10. The molecule has 4 heteroatoms. The zero-order valence-electron chi connectivity index (χ0n) is 12.3. The summed E-state index contributed by atoms with van der Waals surface area (Å²) in [6, 6.07) is 13.3. The standard InChI is InChI=1S/C17H20N2OS/c1-3-12-8-7-9-13(4-2)16(12)19-17(20)18-14-10-5-6-11-15(14)21/h5-11,21H,3-4H2,1-2H3,(H2,18,19,20). The summed E-state index contributed by atoms with van der Waals surface area (Å²) in [6.45, 7) is 4.17.